The highest BCUT2D eigenvalue weighted by atomic mass is 16.5. The van der Waals surface area contributed by atoms with Crippen LogP contribution < -0.4 is 9.47 Å². The monoisotopic (exact) mass is 586 g/mol. The minimum Gasteiger partial charge on any atom is -0.453 e. The van der Waals surface area contributed by atoms with Crippen molar-refractivity contribution >= 4 is 10.8 Å². The molecule has 4 aromatic carbocycles. The van der Waals surface area contributed by atoms with Crippen molar-refractivity contribution in [1.29, 1.82) is 10.5 Å². The second-order valence-corrected chi connectivity index (χ2v) is 16.0. The smallest absolute Gasteiger partial charge is 0.170 e. The molecule has 4 nitrogen and oxygen atoms in total. The third-order valence-electron chi connectivity index (χ3n) is 8.01. The Bertz CT molecular complexity index is 1610. The number of hydrogen-bond donors (Lipinski definition) is 0. The highest BCUT2D eigenvalue weighted by molar-refractivity contribution is 5.89. The van der Waals surface area contributed by atoms with Crippen molar-refractivity contribution in [3.63, 3.8) is 0 Å². The molecule has 0 spiro atoms. The number of nitriles is 2. The lowest BCUT2D eigenvalue weighted by atomic mass is 9.80. The van der Waals surface area contributed by atoms with Crippen molar-refractivity contribution < 1.29 is 9.47 Å². The van der Waals surface area contributed by atoms with Gasteiger partial charge in [0.2, 0.25) is 0 Å². The highest BCUT2D eigenvalue weighted by Gasteiger charge is 2.24. The number of hydrogen-bond acceptors (Lipinski definition) is 4. The highest BCUT2D eigenvalue weighted by Crippen LogP contribution is 2.43. The summed E-state index contributed by atoms with van der Waals surface area (Å²) in [7, 11) is 0. The Morgan fingerprint density at radius 3 is 0.909 bits per heavy atom. The zero-order valence-electron chi connectivity index (χ0n) is 28.5. The molecule has 44 heavy (non-hydrogen) atoms. The van der Waals surface area contributed by atoms with Crippen molar-refractivity contribution in [2.45, 2.75) is 105 Å². The first-order chi connectivity index (χ1) is 20.2. The van der Waals surface area contributed by atoms with E-state index < -0.39 is 0 Å². The summed E-state index contributed by atoms with van der Waals surface area (Å²) in [5.74, 6) is 2.52. The Labute approximate surface area is 264 Å². The zero-order chi connectivity index (χ0) is 32.8. The van der Waals surface area contributed by atoms with Gasteiger partial charge in [0.05, 0.1) is 11.1 Å². The molecule has 228 valence electrons. The van der Waals surface area contributed by atoms with Gasteiger partial charge in [0.25, 0.3) is 0 Å². The Morgan fingerprint density at radius 2 is 0.682 bits per heavy atom. The largest absolute Gasteiger partial charge is 0.453 e. The van der Waals surface area contributed by atoms with E-state index in [1.807, 2.05) is 12.1 Å². The van der Waals surface area contributed by atoms with Crippen molar-refractivity contribution in [1.82, 2.24) is 0 Å². The van der Waals surface area contributed by atoms with Crippen LogP contribution in [0.3, 0.4) is 0 Å². The first-order valence-electron chi connectivity index (χ1n) is 15.3. The second-order valence-electron chi connectivity index (χ2n) is 16.0. The van der Waals surface area contributed by atoms with Gasteiger partial charge in [0, 0.05) is 0 Å². The Balaban J connectivity index is 1.96. The molecule has 0 saturated heterocycles. The molecule has 0 atom stereocenters. The van der Waals surface area contributed by atoms with Gasteiger partial charge >= 0.3 is 0 Å². The molecule has 0 N–H and O–H groups in total. The summed E-state index contributed by atoms with van der Waals surface area (Å²) in [6.45, 7) is 26.4. The fourth-order valence-corrected chi connectivity index (χ4v) is 4.95. The standard InChI is InChI=1S/C40H46N2O2/c1-37(2,3)29-17-30(38(4,5)6)20-33(19-29)43-35-15-25-13-27(23-41)28(24-42)14-26(25)16-36(35)44-34-21-31(39(7,8)9)18-32(22-34)40(10,11)12/h13-22H,1-12H3. The van der Waals surface area contributed by atoms with E-state index in [1.165, 1.54) is 22.3 Å². The molecule has 0 unspecified atom stereocenters. The van der Waals surface area contributed by atoms with E-state index in [0.717, 1.165) is 22.3 Å². The van der Waals surface area contributed by atoms with Gasteiger partial charge in [0.15, 0.2) is 11.5 Å². The summed E-state index contributed by atoms with van der Waals surface area (Å²) in [6, 6.07) is 24.5. The quantitative estimate of drug-likeness (QED) is 0.238. The van der Waals surface area contributed by atoms with Gasteiger partial charge in [-0.3, -0.25) is 0 Å². The van der Waals surface area contributed by atoms with Gasteiger partial charge in [-0.1, -0.05) is 95.2 Å². The van der Waals surface area contributed by atoms with Crippen LogP contribution in [-0.2, 0) is 21.7 Å². The fraction of sp³-hybridized carbons (Fsp3) is 0.400. The van der Waals surface area contributed by atoms with Crippen molar-refractivity contribution in [2.24, 2.45) is 0 Å². The molecule has 0 aliphatic carbocycles. The molecule has 4 aromatic rings. The first kappa shape index (κ1) is 32.6. The molecule has 0 fully saturated rings. The van der Waals surface area contributed by atoms with Crippen LogP contribution in [0, 0.1) is 22.7 Å². The molecule has 0 aliphatic heterocycles. The summed E-state index contributed by atoms with van der Waals surface area (Å²) < 4.78 is 13.4. The molecule has 0 amide bonds. The minimum absolute atomic E-state index is 0.0752. The SMILES string of the molecule is CC(C)(C)c1cc(Oc2cc3cc(C#N)c(C#N)cc3cc2Oc2cc(C(C)(C)C)cc(C(C)(C)C)c2)cc(C(C)(C)C)c1. The fourth-order valence-electron chi connectivity index (χ4n) is 4.95. The molecule has 0 heterocycles. The van der Waals surface area contributed by atoms with E-state index in [-0.39, 0.29) is 21.7 Å². The van der Waals surface area contributed by atoms with E-state index >= 15 is 0 Å². The molecule has 4 heteroatoms. The summed E-state index contributed by atoms with van der Waals surface area (Å²) in [4.78, 5) is 0. The van der Waals surface area contributed by atoms with Gasteiger partial charge < -0.3 is 9.47 Å². The second kappa shape index (κ2) is 11.3. The Morgan fingerprint density at radius 1 is 0.409 bits per heavy atom. The van der Waals surface area contributed by atoms with Crippen LogP contribution in [0.4, 0.5) is 0 Å². The van der Waals surface area contributed by atoms with Crippen molar-refractivity contribution in [3.05, 3.63) is 94.0 Å². The third kappa shape index (κ3) is 7.26. The van der Waals surface area contributed by atoms with Gasteiger partial charge in [0.1, 0.15) is 23.6 Å². The summed E-state index contributed by atoms with van der Waals surface area (Å²) in [6.07, 6.45) is 0. The maximum Gasteiger partial charge on any atom is 0.170 e. The maximum absolute atomic E-state index is 9.70. The number of nitrogens with zero attached hydrogens (tertiary/aromatic N) is 2. The normalized spacial score (nSPS) is 12.5. The minimum atomic E-state index is -0.0752. The average Bonchev–Trinajstić information content (AvgIpc) is 2.90. The predicted octanol–water partition coefficient (Wildman–Crippen LogP) is 11.4. The number of benzene rings is 4. The molecule has 0 aromatic heterocycles. The van der Waals surface area contributed by atoms with Gasteiger partial charge in [-0.25, -0.2) is 0 Å². The van der Waals surface area contributed by atoms with Crippen LogP contribution in [0.25, 0.3) is 10.8 Å². The van der Waals surface area contributed by atoms with Crippen LogP contribution in [0.2, 0.25) is 0 Å². The van der Waals surface area contributed by atoms with Crippen molar-refractivity contribution in [2.75, 3.05) is 0 Å². The molecule has 0 bridgehead atoms. The lowest BCUT2D eigenvalue weighted by molar-refractivity contribution is 0.415. The van der Waals surface area contributed by atoms with Crippen LogP contribution in [0.5, 0.6) is 23.0 Å². The Kier molecular flexibility index (Phi) is 8.40. The van der Waals surface area contributed by atoms with E-state index in [9.17, 15) is 10.5 Å². The number of fused-ring (bicyclic) bond motifs is 1. The Hall–Kier alpha value is -4.28. The van der Waals surface area contributed by atoms with E-state index in [4.69, 9.17) is 9.47 Å². The van der Waals surface area contributed by atoms with Crippen LogP contribution in [0.15, 0.2) is 60.7 Å². The van der Waals surface area contributed by atoms with Gasteiger partial charge in [-0.15, -0.1) is 0 Å². The summed E-state index contributed by atoms with van der Waals surface area (Å²) >= 11 is 0. The summed E-state index contributed by atoms with van der Waals surface area (Å²) in [5.41, 5.74) is 5.09. The molecule has 0 saturated carbocycles. The lowest BCUT2D eigenvalue weighted by Crippen LogP contribution is -2.16. The predicted molar refractivity (Wildman–Crippen MR) is 181 cm³/mol. The molecule has 0 aliphatic rings. The number of rotatable bonds is 4. The topological polar surface area (TPSA) is 66.0 Å². The third-order valence-corrected chi connectivity index (χ3v) is 8.01. The van der Waals surface area contributed by atoms with Crippen molar-refractivity contribution in [3.8, 4) is 35.1 Å². The molecular formula is C40H46N2O2. The van der Waals surface area contributed by atoms with E-state index in [2.05, 4.69) is 132 Å². The molecule has 4 rings (SSSR count). The van der Waals surface area contributed by atoms with Gasteiger partial charge in [-0.2, -0.15) is 10.5 Å². The van der Waals surface area contributed by atoms with E-state index in [0.29, 0.717) is 22.6 Å². The average molecular weight is 587 g/mol. The first-order valence-corrected chi connectivity index (χ1v) is 15.3. The molecular weight excluding hydrogens is 540 g/mol. The van der Waals surface area contributed by atoms with E-state index in [1.54, 1.807) is 12.1 Å². The summed E-state index contributed by atoms with van der Waals surface area (Å²) in [5, 5.41) is 21.0. The lowest BCUT2D eigenvalue weighted by Gasteiger charge is -2.27. The number of ether oxygens (including phenoxy) is 2. The van der Waals surface area contributed by atoms with Crippen LogP contribution in [0.1, 0.15) is 116 Å². The molecule has 0 radical (unpaired) electrons. The maximum atomic E-state index is 9.70. The van der Waals surface area contributed by atoms with Crippen LogP contribution >= 0.6 is 0 Å². The zero-order valence-corrected chi connectivity index (χ0v) is 28.5. The van der Waals surface area contributed by atoms with Gasteiger partial charge in [-0.05, 0) is 103 Å². The van der Waals surface area contributed by atoms with Crippen LogP contribution in [-0.4, -0.2) is 0 Å².